The van der Waals surface area contributed by atoms with Crippen molar-refractivity contribution in [1.82, 2.24) is 0 Å². The number of hydrogen-bond acceptors (Lipinski definition) is 3. The molecule has 0 N–H and O–H groups in total. The fourth-order valence-electron chi connectivity index (χ4n) is 7.39. The lowest BCUT2D eigenvalue weighted by atomic mass is 9.80. The van der Waals surface area contributed by atoms with Crippen molar-refractivity contribution in [3.63, 3.8) is 0 Å². The number of hydrogen-bond donors (Lipinski definition) is 0. The molecule has 0 saturated heterocycles. The van der Waals surface area contributed by atoms with Crippen LogP contribution in [-0.2, 0) is 17.6 Å². The Morgan fingerprint density at radius 2 is 1.56 bits per heavy atom. The summed E-state index contributed by atoms with van der Waals surface area (Å²) in [6.45, 7) is 1.75. The molecule has 3 nitrogen and oxygen atoms in total. The predicted octanol–water partition coefficient (Wildman–Crippen LogP) is 7.88. The average Bonchev–Trinajstić information content (AvgIpc) is 3.27. The molecule has 5 aromatic rings. The molecule has 8 rings (SSSR count). The van der Waals surface area contributed by atoms with E-state index >= 15 is 0 Å². The van der Waals surface area contributed by atoms with Crippen LogP contribution in [0.4, 0.5) is 11.4 Å². The fraction of sp³-hybridized carbons (Fsp3) is 0.143. The summed E-state index contributed by atoms with van der Waals surface area (Å²) >= 11 is 0. The second-order valence-corrected chi connectivity index (χ2v) is 12.2. The van der Waals surface area contributed by atoms with Crippen molar-refractivity contribution in [2.24, 2.45) is 4.99 Å². The Labute approximate surface area is 263 Å². The van der Waals surface area contributed by atoms with Crippen LogP contribution in [0.2, 0.25) is 0 Å². The van der Waals surface area contributed by atoms with Gasteiger partial charge in [-0.3, -0.25) is 9.79 Å². The highest BCUT2D eigenvalue weighted by molar-refractivity contribution is 5.94. The van der Waals surface area contributed by atoms with Gasteiger partial charge in [0.05, 0.1) is 17.1 Å². The number of allylic oxidation sites excluding steroid dienone is 1. The Hall–Kier alpha value is -5.28. The van der Waals surface area contributed by atoms with E-state index in [9.17, 15) is 4.79 Å². The highest BCUT2D eigenvalue weighted by Gasteiger charge is 2.25. The summed E-state index contributed by atoms with van der Waals surface area (Å²) in [7, 11) is 0. The van der Waals surface area contributed by atoms with Crippen molar-refractivity contribution in [1.29, 1.82) is 0 Å². The Morgan fingerprint density at radius 3 is 2.42 bits per heavy atom. The van der Waals surface area contributed by atoms with Crippen LogP contribution >= 0.6 is 0 Å². The summed E-state index contributed by atoms with van der Waals surface area (Å²) in [5.41, 5.74) is 10.5. The number of anilines is 2. The molecule has 218 valence electrons. The molecule has 0 bridgehead atoms. The third kappa shape index (κ3) is 4.85. The topological polar surface area (TPSA) is 32.7 Å². The summed E-state index contributed by atoms with van der Waals surface area (Å²) in [5.74, 6) is 0.258. The summed E-state index contributed by atoms with van der Waals surface area (Å²) in [4.78, 5) is 20.0. The summed E-state index contributed by atoms with van der Waals surface area (Å²) in [6.07, 6.45) is 12.3. The van der Waals surface area contributed by atoms with E-state index in [4.69, 9.17) is 4.99 Å². The van der Waals surface area contributed by atoms with E-state index in [0.29, 0.717) is 0 Å². The van der Waals surface area contributed by atoms with Gasteiger partial charge in [0.1, 0.15) is 5.78 Å². The number of fused-ring (bicyclic) bond motifs is 5. The minimum absolute atomic E-state index is 0.0130. The highest BCUT2D eigenvalue weighted by atomic mass is 16.1. The van der Waals surface area contributed by atoms with Crippen LogP contribution in [-0.4, -0.2) is 12.0 Å². The maximum Gasteiger partial charge on any atom is 0.137 e. The molecule has 1 aliphatic heterocycles. The molecular weight excluding hydrogens is 548 g/mol. The largest absolute Gasteiger partial charge is 0.314 e. The van der Waals surface area contributed by atoms with Gasteiger partial charge in [-0.25, -0.2) is 0 Å². The maximum absolute atomic E-state index is 12.7. The highest BCUT2D eigenvalue weighted by Crippen LogP contribution is 2.38. The van der Waals surface area contributed by atoms with Crippen LogP contribution < -0.4 is 15.3 Å². The standard InChI is InChI=1S/C42H34N2O/c1-28(45)33-16-9-14-30-21-22-37-34-17-10-18-35(36(34)23-24-39(37)42(30)33)38-15-6-8-20-41(38)44-27-32(25-29-11-3-2-4-12-29)43-26-31-13-5-7-19-40(31)44/h2-8,10-15,17-23,26-27,33H,9,16,24-25H2,1H3. The molecular formula is C42H34N2O. The molecule has 0 amide bonds. The Balaban J connectivity index is 1.33. The molecule has 0 radical (unpaired) electrons. The van der Waals surface area contributed by atoms with E-state index in [1.54, 1.807) is 6.92 Å². The average molecular weight is 583 g/mol. The van der Waals surface area contributed by atoms with Crippen LogP contribution in [0.25, 0.3) is 23.3 Å². The molecule has 0 aromatic heterocycles. The minimum Gasteiger partial charge on any atom is -0.314 e. The number of aliphatic imine (C=N–C) groups is 1. The Kier molecular flexibility index (Phi) is 6.87. The van der Waals surface area contributed by atoms with Gasteiger partial charge in [-0.15, -0.1) is 0 Å². The van der Waals surface area contributed by atoms with Gasteiger partial charge in [-0.1, -0.05) is 109 Å². The van der Waals surface area contributed by atoms with Crippen molar-refractivity contribution < 1.29 is 4.79 Å². The minimum atomic E-state index is -0.0130. The van der Waals surface area contributed by atoms with Crippen LogP contribution in [0.15, 0.2) is 126 Å². The summed E-state index contributed by atoms with van der Waals surface area (Å²) in [6, 6.07) is 38.9. The third-order valence-electron chi connectivity index (χ3n) is 9.48. The van der Waals surface area contributed by atoms with Gasteiger partial charge < -0.3 is 4.90 Å². The van der Waals surface area contributed by atoms with Crippen LogP contribution in [0.5, 0.6) is 0 Å². The molecule has 0 fully saturated rings. The molecule has 0 saturated carbocycles. The summed E-state index contributed by atoms with van der Waals surface area (Å²) in [5, 5.41) is 4.98. The monoisotopic (exact) mass is 582 g/mol. The zero-order valence-corrected chi connectivity index (χ0v) is 25.4. The van der Waals surface area contributed by atoms with Gasteiger partial charge in [0.2, 0.25) is 0 Å². The second kappa shape index (κ2) is 11.3. The zero-order chi connectivity index (χ0) is 30.3. The van der Waals surface area contributed by atoms with Crippen molar-refractivity contribution in [3.05, 3.63) is 164 Å². The van der Waals surface area contributed by atoms with Crippen LogP contribution in [0.1, 0.15) is 47.9 Å². The van der Waals surface area contributed by atoms with Gasteiger partial charge in [0.25, 0.3) is 0 Å². The Bertz CT molecular complexity index is 2260. The molecule has 45 heavy (non-hydrogen) atoms. The van der Waals surface area contributed by atoms with Crippen molar-refractivity contribution in [3.8, 4) is 11.1 Å². The molecule has 1 heterocycles. The molecule has 1 unspecified atom stereocenters. The maximum atomic E-state index is 12.7. The first-order valence-electron chi connectivity index (χ1n) is 15.9. The Morgan fingerprint density at radius 1 is 0.778 bits per heavy atom. The molecule has 3 heteroatoms. The zero-order valence-electron chi connectivity index (χ0n) is 25.4. The third-order valence-corrected chi connectivity index (χ3v) is 9.48. The lowest BCUT2D eigenvalue weighted by Gasteiger charge is -2.26. The first-order chi connectivity index (χ1) is 22.2. The molecule has 0 spiro atoms. The van der Waals surface area contributed by atoms with E-state index in [-0.39, 0.29) is 11.7 Å². The molecule has 3 aliphatic rings. The first-order valence-corrected chi connectivity index (χ1v) is 15.9. The van der Waals surface area contributed by atoms with Crippen molar-refractivity contribution in [2.75, 3.05) is 4.90 Å². The fourth-order valence-corrected chi connectivity index (χ4v) is 7.39. The summed E-state index contributed by atoms with van der Waals surface area (Å²) < 4.78 is 0. The first kappa shape index (κ1) is 27.3. The molecule has 2 aliphatic carbocycles. The van der Waals surface area contributed by atoms with Gasteiger partial charge in [0.15, 0.2) is 0 Å². The van der Waals surface area contributed by atoms with Gasteiger partial charge in [0, 0.05) is 35.9 Å². The van der Waals surface area contributed by atoms with E-state index in [2.05, 4.69) is 132 Å². The number of Topliss-reactive ketones (excluding diaryl/α,β-unsaturated/α-hetero) is 1. The van der Waals surface area contributed by atoms with E-state index in [0.717, 1.165) is 48.3 Å². The number of carbonyl (C=O) groups excluding carboxylic acids is 1. The van der Waals surface area contributed by atoms with E-state index < -0.39 is 0 Å². The number of rotatable bonds is 5. The lowest BCUT2D eigenvalue weighted by molar-refractivity contribution is -0.118. The van der Waals surface area contributed by atoms with Gasteiger partial charge in [-0.05, 0) is 81.4 Å². The normalized spacial score (nSPS) is 16.2. The number of nitrogens with zero attached hydrogens (tertiary/aromatic N) is 2. The number of para-hydroxylation sites is 2. The van der Waals surface area contributed by atoms with E-state index in [1.165, 1.54) is 48.7 Å². The smallest absolute Gasteiger partial charge is 0.137 e. The lowest BCUT2D eigenvalue weighted by Crippen LogP contribution is -2.26. The van der Waals surface area contributed by atoms with Crippen molar-refractivity contribution in [2.45, 2.75) is 38.5 Å². The quantitative estimate of drug-likeness (QED) is 0.211. The second-order valence-electron chi connectivity index (χ2n) is 12.2. The van der Waals surface area contributed by atoms with Gasteiger partial charge >= 0.3 is 0 Å². The molecule has 5 aromatic carbocycles. The SMILES string of the molecule is CC(=O)C1CCC=c2ccc3c(c21)CC=c1c(-c2ccccc2N2C=C(Cc4ccccc4)N=Cc4ccccc42)cccc1=3. The number of benzene rings is 5. The van der Waals surface area contributed by atoms with Crippen molar-refractivity contribution >= 4 is 35.5 Å². The number of carbonyl (C=O) groups is 1. The molecule has 1 atom stereocenters. The number of ketones is 1. The van der Waals surface area contributed by atoms with Gasteiger partial charge in [-0.2, -0.15) is 0 Å². The van der Waals surface area contributed by atoms with Crippen LogP contribution in [0, 0.1) is 10.4 Å². The predicted molar refractivity (Wildman–Crippen MR) is 185 cm³/mol. The van der Waals surface area contributed by atoms with E-state index in [1.807, 2.05) is 6.21 Å². The van der Waals surface area contributed by atoms with Crippen LogP contribution in [0.3, 0.4) is 0 Å².